The third kappa shape index (κ3) is 6.80. The lowest BCUT2D eigenvalue weighted by Gasteiger charge is -2.24. The van der Waals surface area contributed by atoms with Crippen LogP contribution in [0.3, 0.4) is 0 Å². The number of nitrogens with one attached hydrogen (secondary N) is 2. The van der Waals surface area contributed by atoms with Gasteiger partial charge in [0.15, 0.2) is 0 Å². The molecule has 0 aliphatic rings. The summed E-state index contributed by atoms with van der Waals surface area (Å²) in [5, 5.41) is 5.45. The highest BCUT2D eigenvalue weighted by Gasteiger charge is 2.22. The van der Waals surface area contributed by atoms with Crippen LogP contribution in [0.5, 0.6) is 5.75 Å². The van der Waals surface area contributed by atoms with E-state index < -0.39 is 17.6 Å². The van der Waals surface area contributed by atoms with Gasteiger partial charge in [0.05, 0.1) is 18.4 Å². The SMILES string of the molecule is COc1cccc(NC(=O)c2ccccc2NC(=O)CN(C)C(=O)OC(C)(C)C)c1. The zero-order valence-corrected chi connectivity index (χ0v) is 17.8. The summed E-state index contributed by atoms with van der Waals surface area (Å²) in [5.41, 5.74) is 0.520. The highest BCUT2D eigenvalue weighted by atomic mass is 16.6. The first kappa shape index (κ1) is 22.7. The second-order valence-electron chi connectivity index (χ2n) is 7.62. The number of hydrogen-bond acceptors (Lipinski definition) is 5. The Kier molecular flexibility index (Phi) is 7.41. The fraction of sp³-hybridized carbons (Fsp3) is 0.318. The summed E-state index contributed by atoms with van der Waals surface area (Å²) in [4.78, 5) is 38.3. The lowest BCUT2D eigenvalue weighted by atomic mass is 10.1. The van der Waals surface area contributed by atoms with E-state index in [-0.39, 0.29) is 18.0 Å². The van der Waals surface area contributed by atoms with Gasteiger partial charge in [-0.2, -0.15) is 0 Å². The van der Waals surface area contributed by atoms with Crippen LogP contribution in [0.1, 0.15) is 31.1 Å². The molecule has 2 N–H and O–H groups in total. The summed E-state index contributed by atoms with van der Waals surface area (Å²) in [6, 6.07) is 13.6. The minimum atomic E-state index is -0.660. The number of anilines is 2. The monoisotopic (exact) mass is 413 g/mol. The fourth-order valence-electron chi connectivity index (χ4n) is 2.50. The molecule has 0 radical (unpaired) electrons. The topological polar surface area (TPSA) is 97.0 Å². The van der Waals surface area contributed by atoms with E-state index in [1.807, 2.05) is 0 Å². The zero-order chi connectivity index (χ0) is 22.3. The van der Waals surface area contributed by atoms with Crippen molar-refractivity contribution in [2.75, 3.05) is 31.3 Å². The summed E-state index contributed by atoms with van der Waals surface area (Å²) in [6.07, 6.45) is -0.610. The molecule has 0 saturated carbocycles. The molecule has 3 amide bonds. The van der Waals surface area contributed by atoms with Gasteiger partial charge in [0.25, 0.3) is 5.91 Å². The predicted molar refractivity (Wildman–Crippen MR) is 115 cm³/mol. The number of hydrogen-bond donors (Lipinski definition) is 2. The van der Waals surface area contributed by atoms with Crippen molar-refractivity contribution in [3.63, 3.8) is 0 Å². The Labute approximate surface area is 176 Å². The number of rotatable bonds is 6. The zero-order valence-electron chi connectivity index (χ0n) is 17.8. The van der Waals surface area contributed by atoms with Crippen molar-refractivity contribution in [3.05, 3.63) is 54.1 Å². The smallest absolute Gasteiger partial charge is 0.410 e. The van der Waals surface area contributed by atoms with Gasteiger partial charge in [-0.3, -0.25) is 9.59 Å². The predicted octanol–water partition coefficient (Wildman–Crippen LogP) is 3.75. The highest BCUT2D eigenvalue weighted by Crippen LogP contribution is 2.20. The maximum atomic E-state index is 12.7. The molecule has 0 saturated heterocycles. The standard InChI is InChI=1S/C22H27N3O5/c1-22(2,3)30-21(28)25(4)14-19(26)24-18-12-7-6-11-17(18)20(27)23-15-9-8-10-16(13-15)29-5/h6-13H,14H2,1-5H3,(H,23,27)(H,24,26). The molecule has 0 fully saturated rings. The molecule has 0 spiro atoms. The third-order valence-corrected chi connectivity index (χ3v) is 3.86. The van der Waals surface area contributed by atoms with Crippen molar-refractivity contribution in [3.8, 4) is 5.75 Å². The fourth-order valence-corrected chi connectivity index (χ4v) is 2.50. The van der Waals surface area contributed by atoms with E-state index in [2.05, 4.69) is 10.6 Å². The molecular formula is C22H27N3O5. The van der Waals surface area contributed by atoms with E-state index in [1.165, 1.54) is 11.9 Å². The molecule has 0 aliphatic heterocycles. The summed E-state index contributed by atoms with van der Waals surface area (Å²) >= 11 is 0. The van der Waals surface area contributed by atoms with E-state index >= 15 is 0 Å². The van der Waals surface area contributed by atoms with Gasteiger partial charge in [-0.1, -0.05) is 18.2 Å². The van der Waals surface area contributed by atoms with Gasteiger partial charge < -0.3 is 25.0 Å². The van der Waals surface area contributed by atoms with Crippen LogP contribution < -0.4 is 15.4 Å². The Balaban J connectivity index is 2.06. The number of carbonyl (C=O) groups excluding carboxylic acids is 3. The van der Waals surface area contributed by atoms with Crippen molar-refractivity contribution < 1.29 is 23.9 Å². The number of carbonyl (C=O) groups is 3. The largest absolute Gasteiger partial charge is 0.497 e. The first-order valence-corrected chi connectivity index (χ1v) is 9.37. The van der Waals surface area contributed by atoms with Gasteiger partial charge in [-0.15, -0.1) is 0 Å². The van der Waals surface area contributed by atoms with Gasteiger partial charge >= 0.3 is 6.09 Å². The molecular weight excluding hydrogens is 386 g/mol. The molecule has 0 aromatic heterocycles. The molecule has 8 heteroatoms. The highest BCUT2D eigenvalue weighted by molar-refractivity contribution is 6.10. The van der Waals surface area contributed by atoms with Crippen molar-refractivity contribution in [2.45, 2.75) is 26.4 Å². The number of ether oxygens (including phenoxy) is 2. The lowest BCUT2D eigenvalue weighted by Crippen LogP contribution is -2.39. The average molecular weight is 413 g/mol. The van der Waals surface area contributed by atoms with Crippen molar-refractivity contribution in [2.24, 2.45) is 0 Å². The van der Waals surface area contributed by atoms with Gasteiger partial charge in [0.2, 0.25) is 5.91 Å². The number of benzene rings is 2. The van der Waals surface area contributed by atoms with E-state index in [9.17, 15) is 14.4 Å². The van der Waals surface area contributed by atoms with Gasteiger partial charge in [0, 0.05) is 18.8 Å². The number of amides is 3. The third-order valence-electron chi connectivity index (χ3n) is 3.86. The molecule has 30 heavy (non-hydrogen) atoms. The molecule has 2 aromatic carbocycles. The van der Waals surface area contributed by atoms with E-state index in [1.54, 1.807) is 76.4 Å². The van der Waals surface area contributed by atoms with Crippen LogP contribution in [0.2, 0.25) is 0 Å². The van der Waals surface area contributed by atoms with Crippen LogP contribution in [0.4, 0.5) is 16.2 Å². The molecule has 0 unspecified atom stereocenters. The quantitative estimate of drug-likeness (QED) is 0.752. The number of para-hydroxylation sites is 1. The number of methoxy groups -OCH3 is 1. The molecule has 0 heterocycles. The Morgan fingerprint density at radius 3 is 2.37 bits per heavy atom. The van der Waals surface area contributed by atoms with Crippen molar-refractivity contribution in [1.29, 1.82) is 0 Å². The minimum absolute atomic E-state index is 0.221. The van der Waals surface area contributed by atoms with Crippen LogP contribution in [-0.4, -0.2) is 49.1 Å². The van der Waals surface area contributed by atoms with E-state index in [0.717, 1.165) is 0 Å². The van der Waals surface area contributed by atoms with Crippen LogP contribution in [0.25, 0.3) is 0 Å². The summed E-state index contributed by atoms with van der Waals surface area (Å²) in [7, 11) is 3.01. The molecule has 0 atom stereocenters. The van der Waals surface area contributed by atoms with Crippen molar-refractivity contribution in [1.82, 2.24) is 4.90 Å². The second kappa shape index (κ2) is 9.78. The lowest BCUT2D eigenvalue weighted by molar-refractivity contribution is -0.117. The van der Waals surface area contributed by atoms with Crippen LogP contribution in [0, 0.1) is 0 Å². The first-order valence-electron chi connectivity index (χ1n) is 9.37. The van der Waals surface area contributed by atoms with Gasteiger partial charge in [-0.05, 0) is 45.0 Å². The molecule has 2 aromatic rings. The van der Waals surface area contributed by atoms with Gasteiger partial charge in [-0.25, -0.2) is 4.79 Å². The molecule has 0 aliphatic carbocycles. The van der Waals surface area contributed by atoms with Crippen LogP contribution >= 0.6 is 0 Å². The van der Waals surface area contributed by atoms with Crippen LogP contribution in [0.15, 0.2) is 48.5 Å². The normalized spacial score (nSPS) is 10.7. The first-order chi connectivity index (χ1) is 14.1. The second-order valence-corrected chi connectivity index (χ2v) is 7.62. The Hall–Kier alpha value is -3.55. The van der Waals surface area contributed by atoms with E-state index in [0.29, 0.717) is 17.1 Å². The maximum Gasteiger partial charge on any atom is 0.410 e. The average Bonchev–Trinajstić information content (AvgIpc) is 2.67. The Bertz CT molecular complexity index is 921. The number of nitrogens with zero attached hydrogens (tertiary/aromatic N) is 1. The molecule has 8 nitrogen and oxygen atoms in total. The number of likely N-dealkylation sites (N-methyl/N-ethyl adjacent to an activating group) is 1. The van der Waals surface area contributed by atoms with E-state index in [4.69, 9.17) is 9.47 Å². The Morgan fingerprint density at radius 2 is 1.70 bits per heavy atom. The maximum absolute atomic E-state index is 12.7. The summed E-state index contributed by atoms with van der Waals surface area (Å²) in [5.74, 6) is -0.232. The van der Waals surface area contributed by atoms with Gasteiger partial charge in [0.1, 0.15) is 17.9 Å². The minimum Gasteiger partial charge on any atom is -0.497 e. The molecule has 160 valence electrons. The molecule has 2 rings (SSSR count). The molecule has 0 bridgehead atoms. The summed E-state index contributed by atoms with van der Waals surface area (Å²) < 4.78 is 10.4. The summed E-state index contributed by atoms with van der Waals surface area (Å²) in [6.45, 7) is 5.02. The van der Waals surface area contributed by atoms with Crippen molar-refractivity contribution >= 4 is 29.3 Å². The Morgan fingerprint density at radius 1 is 1.00 bits per heavy atom. The van der Waals surface area contributed by atoms with Crippen LogP contribution in [-0.2, 0) is 9.53 Å².